The maximum Gasteiger partial charge on any atom is 0.354 e. The smallest absolute Gasteiger partial charge is 0.354 e. The Morgan fingerprint density at radius 1 is 0.914 bits per heavy atom. The number of ether oxygens (including phenoxy) is 1. The van der Waals surface area contributed by atoms with Gasteiger partial charge in [0.25, 0.3) is 0 Å². The molecule has 0 radical (unpaired) electrons. The Morgan fingerprint density at radius 2 is 1.63 bits per heavy atom. The van der Waals surface area contributed by atoms with Crippen LogP contribution in [0.2, 0.25) is 0 Å². The van der Waals surface area contributed by atoms with E-state index >= 15 is 0 Å². The molecule has 0 unspecified atom stereocenters. The Labute approximate surface area is 200 Å². The first kappa shape index (κ1) is 22.6. The molecule has 9 heteroatoms. The van der Waals surface area contributed by atoms with Crippen molar-refractivity contribution in [3.05, 3.63) is 84.2 Å². The van der Waals surface area contributed by atoms with E-state index in [-0.39, 0.29) is 29.8 Å². The Balaban J connectivity index is 1.38. The highest BCUT2D eigenvalue weighted by Crippen LogP contribution is 2.26. The highest BCUT2D eigenvalue weighted by Gasteiger charge is 2.26. The zero-order valence-corrected chi connectivity index (χ0v) is 19.2. The summed E-state index contributed by atoms with van der Waals surface area (Å²) in [6.45, 7) is 1.88. The fourth-order valence-electron chi connectivity index (χ4n) is 4.55. The normalized spacial score (nSPS) is 13.9. The van der Waals surface area contributed by atoms with Crippen molar-refractivity contribution in [3.8, 4) is 5.69 Å². The van der Waals surface area contributed by atoms with E-state index in [2.05, 4.69) is 0 Å². The third-order valence-electron chi connectivity index (χ3n) is 6.38. The molecule has 0 aliphatic carbocycles. The van der Waals surface area contributed by atoms with Crippen LogP contribution in [-0.4, -0.2) is 59.2 Å². The van der Waals surface area contributed by atoms with Gasteiger partial charge in [-0.1, -0.05) is 12.1 Å². The minimum Gasteiger partial charge on any atom is -0.464 e. The zero-order chi connectivity index (χ0) is 24.5. The lowest BCUT2D eigenvalue weighted by Crippen LogP contribution is -2.50. The average molecular weight is 478 g/mol. The maximum atomic E-state index is 14.1. The molecular weight excluding hydrogens is 454 g/mol. The van der Waals surface area contributed by atoms with E-state index in [4.69, 9.17) is 4.74 Å². The number of methoxy groups -OCH3 is 1. The van der Waals surface area contributed by atoms with E-state index in [1.165, 1.54) is 25.3 Å². The van der Waals surface area contributed by atoms with E-state index in [1.54, 1.807) is 45.9 Å². The Bertz CT molecular complexity index is 1390. The average Bonchev–Trinajstić information content (AvgIpc) is 3.45. The van der Waals surface area contributed by atoms with Gasteiger partial charge in [-0.25, -0.2) is 13.6 Å². The van der Waals surface area contributed by atoms with Crippen molar-refractivity contribution in [2.24, 2.45) is 0 Å². The van der Waals surface area contributed by atoms with Gasteiger partial charge in [0.05, 0.1) is 23.8 Å². The Hall–Kier alpha value is -4.14. The third-order valence-corrected chi connectivity index (χ3v) is 6.38. The van der Waals surface area contributed by atoms with Gasteiger partial charge < -0.3 is 23.7 Å². The molecule has 5 rings (SSSR count). The number of hydrogen-bond acceptors (Lipinski definition) is 4. The number of carbonyl (C=O) groups excluding carboxylic acids is 2. The van der Waals surface area contributed by atoms with Crippen molar-refractivity contribution >= 4 is 28.6 Å². The molecule has 0 bridgehead atoms. The van der Waals surface area contributed by atoms with Crippen LogP contribution >= 0.6 is 0 Å². The predicted molar refractivity (Wildman–Crippen MR) is 128 cm³/mol. The van der Waals surface area contributed by atoms with Crippen LogP contribution in [0.5, 0.6) is 0 Å². The first-order valence-corrected chi connectivity index (χ1v) is 11.3. The number of hydrogen-bond donors (Lipinski definition) is 0. The summed E-state index contributed by atoms with van der Waals surface area (Å²) in [5, 5.41) is 0. The second-order valence-electron chi connectivity index (χ2n) is 8.36. The highest BCUT2D eigenvalue weighted by molar-refractivity contribution is 5.96. The summed E-state index contributed by atoms with van der Waals surface area (Å²) in [7, 11) is 1.29. The number of anilines is 1. The lowest BCUT2D eigenvalue weighted by molar-refractivity contribution is -0.132. The van der Waals surface area contributed by atoms with Crippen LogP contribution in [0.3, 0.4) is 0 Å². The van der Waals surface area contributed by atoms with Crippen LogP contribution in [0, 0.1) is 11.6 Å². The van der Waals surface area contributed by atoms with Gasteiger partial charge in [0.1, 0.15) is 23.9 Å². The summed E-state index contributed by atoms with van der Waals surface area (Å²) in [4.78, 5) is 29.4. The van der Waals surface area contributed by atoms with Gasteiger partial charge in [0.2, 0.25) is 5.91 Å². The van der Waals surface area contributed by atoms with Crippen molar-refractivity contribution in [1.29, 1.82) is 0 Å². The van der Waals surface area contributed by atoms with Crippen LogP contribution in [0.1, 0.15) is 10.5 Å². The van der Waals surface area contributed by atoms with Gasteiger partial charge in [-0.3, -0.25) is 4.79 Å². The summed E-state index contributed by atoms with van der Waals surface area (Å²) >= 11 is 0. The molecule has 0 spiro atoms. The van der Waals surface area contributed by atoms with E-state index in [9.17, 15) is 18.4 Å². The summed E-state index contributed by atoms with van der Waals surface area (Å²) in [5.41, 5.74) is 2.90. The van der Waals surface area contributed by atoms with Gasteiger partial charge in [-0.2, -0.15) is 0 Å². The number of rotatable bonds is 5. The minimum absolute atomic E-state index is 0.0406. The molecule has 2 aromatic carbocycles. The number of esters is 1. The number of piperazine rings is 1. The molecule has 180 valence electrons. The lowest BCUT2D eigenvalue weighted by atomic mass is 10.2. The quantitative estimate of drug-likeness (QED) is 0.409. The monoisotopic (exact) mass is 478 g/mol. The number of aromatic nitrogens is 2. The molecule has 7 nitrogen and oxygen atoms in total. The molecule has 3 heterocycles. The number of carbonyl (C=O) groups is 2. The number of para-hydroxylation sites is 1. The molecule has 1 aliphatic heterocycles. The SMILES string of the molecule is COC(=O)c1cc2c(ccn2-c2ccc(F)cc2)n1CC(=O)N1CCN(c2ccccc2F)CC1. The van der Waals surface area contributed by atoms with Crippen molar-refractivity contribution in [1.82, 2.24) is 14.0 Å². The van der Waals surface area contributed by atoms with Gasteiger partial charge in [0, 0.05) is 38.1 Å². The molecule has 1 aliphatic rings. The van der Waals surface area contributed by atoms with E-state index in [0.717, 1.165) is 5.69 Å². The largest absolute Gasteiger partial charge is 0.464 e. The molecule has 0 atom stereocenters. The fraction of sp³-hybridized carbons (Fsp3) is 0.231. The maximum absolute atomic E-state index is 14.1. The second kappa shape index (κ2) is 9.25. The Kier molecular flexibility index (Phi) is 5.98. The van der Waals surface area contributed by atoms with Crippen molar-refractivity contribution in [2.75, 3.05) is 38.2 Å². The highest BCUT2D eigenvalue weighted by atomic mass is 19.1. The first-order valence-electron chi connectivity index (χ1n) is 11.3. The van der Waals surface area contributed by atoms with Gasteiger partial charge >= 0.3 is 5.97 Å². The van der Waals surface area contributed by atoms with Gasteiger partial charge in [-0.15, -0.1) is 0 Å². The molecule has 0 N–H and O–H groups in total. The van der Waals surface area contributed by atoms with Crippen molar-refractivity contribution in [2.45, 2.75) is 6.54 Å². The van der Waals surface area contributed by atoms with Crippen LogP contribution in [0.25, 0.3) is 16.7 Å². The van der Waals surface area contributed by atoms with Crippen LogP contribution in [0.4, 0.5) is 14.5 Å². The molecular formula is C26H24F2N4O3. The van der Waals surface area contributed by atoms with Crippen LogP contribution in [-0.2, 0) is 16.1 Å². The molecule has 1 saturated heterocycles. The fourth-order valence-corrected chi connectivity index (χ4v) is 4.55. The van der Waals surface area contributed by atoms with E-state index < -0.39 is 5.97 Å². The third kappa shape index (κ3) is 4.25. The Morgan fingerprint density at radius 3 is 2.31 bits per heavy atom. The standard InChI is InChI=1S/C26H24F2N4O3/c1-35-26(34)24-16-23-22(10-11-31(23)19-8-6-18(27)7-9-19)32(24)17-25(33)30-14-12-29(13-15-30)21-5-3-2-4-20(21)28/h2-11,16H,12-15,17H2,1H3. The number of halogens is 2. The summed E-state index contributed by atoms with van der Waals surface area (Å²) in [6.07, 6.45) is 1.81. The molecule has 4 aromatic rings. The number of fused-ring (bicyclic) bond motifs is 1. The second-order valence-corrected chi connectivity index (χ2v) is 8.36. The zero-order valence-electron chi connectivity index (χ0n) is 19.2. The number of nitrogens with zero attached hydrogens (tertiary/aromatic N) is 4. The van der Waals surface area contributed by atoms with Gasteiger partial charge in [-0.05, 0) is 48.5 Å². The first-order chi connectivity index (χ1) is 17.0. The number of benzene rings is 2. The van der Waals surface area contributed by atoms with Crippen LogP contribution in [0.15, 0.2) is 66.9 Å². The van der Waals surface area contributed by atoms with Crippen molar-refractivity contribution < 1.29 is 23.1 Å². The summed E-state index contributed by atoms with van der Waals surface area (Å²) < 4.78 is 36.0. The topological polar surface area (TPSA) is 59.7 Å². The van der Waals surface area contributed by atoms with Crippen LogP contribution < -0.4 is 4.90 Å². The predicted octanol–water partition coefficient (Wildman–Crippen LogP) is 3.85. The summed E-state index contributed by atoms with van der Waals surface area (Å²) in [6, 6.07) is 16.1. The molecule has 0 saturated carbocycles. The van der Waals surface area contributed by atoms with Gasteiger partial charge in [0.15, 0.2) is 0 Å². The lowest BCUT2D eigenvalue weighted by Gasteiger charge is -2.36. The van der Waals surface area contributed by atoms with E-state index in [0.29, 0.717) is 42.9 Å². The van der Waals surface area contributed by atoms with E-state index in [1.807, 2.05) is 21.7 Å². The number of amides is 1. The molecule has 1 fully saturated rings. The molecule has 2 aromatic heterocycles. The van der Waals surface area contributed by atoms with Crippen molar-refractivity contribution in [3.63, 3.8) is 0 Å². The minimum atomic E-state index is -0.552. The molecule has 35 heavy (non-hydrogen) atoms. The molecule has 1 amide bonds. The summed E-state index contributed by atoms with van der Waals surface area (Å²) in [5.74, 6) is -1.32.